The highest BCUT2D eigenvalue weighted by Gasteiger charge is 2.32. The lowest BCUT2D eigenvalue weighted by atomic mass is 9.95. The van der Waals surface area contributed by atoms with Crippen molar-refractivity contribution >= 4 is 17.5 Å². The van der Waals surface area contributed by atoms with Crippen LogP contribution in [0.5, 0.6) is 0 Å². The van der Waals surface area contributed by atoms with E-state index < -0.39 is 0 Å². The molecule has 0 aliphatic carbocycles. The van der Waals surface area contributed by atoms with Gasteiger partial charge in [0.1, 0.15) is 6.23 Å². The van der Waals surface area contributed by atoms with Gasteiger partial charge < -0.3 is 9.64 Å². The fourth-order valence-corrected chi connectivity index (χ4v) is 4.90. The lowest BCUT2D eigenvalue weighted by molar-refractivity contribution is -0.139. The Morgan fingerprint density at radius 2 is 1.68 bits per heavy atom. The Bertz CT molecular complexity index is 909. The number of carbonyl (C=O) groups is 2. The van der Waals surface area contributed by atoms with Crippen molar-refractivity contribution in [2.45, 2.75) is 51.2 Å². The monoisotopic (exact) mass is 422 g/mol. The Kier molecular flexibility index (Phi) is 5.76. The van der Waals surface area contributed by atoms with Crippen LogP contribution in [-0.2, 0) is 14.3 Å². The van der Waals surface area contributed by atoms with E-state index >= 15 is 0 Å². The molecule has 1 unspecified atom stereocenters. The van der Waals surface area contributed by atoms with Crippen molar-refractivity contribution in [2.24, 2.45) is 5.92 Å². The molecule has 1 atom stereocenters. The number of hydrogen-bond acceptors (Lipinski definition) is 5. The van der Waals surface area contributed by atoms with Crippen LogP contribution in [0.25, 0.3) is 11.1 Å². The van der Waals surface area contributed by atoms with Gasteiger partial charge in [0.05, 0.1) is 6.20 Å². The molecule has 7 heteroatoms. The molecule has 3 saturated heterocycles. The van der Waals surface area contributed by atoms with Crippen LogP contribution < -0.4 is 4.90 Å². The van der Waals surface area contributed by atoms with Gasteiger partial charge in [-0.1, -0.05) is 12.1 Å². The van der Waals surface area contributed by atoms with Crippen LogP contribution >= 0.6 is 0 Å². The highest BCUT2D eigenvalue weighted by Crippen LogP contribution is 2.29. The van der Waals surface area contributed by atoms with Gasteiger partial charge in [-0.2, -0.15) is 5.10 Å². The third-order valence-electron chi connectivity index (χ3n) is 6.83. The first-order valence-corrected chi connectivity index (χ1v) is 11.5. The van der Waals surface area contributed by atoms with Gasteiger partial charge in [0, 0.05) is 56.5 Å². The molecule has 7 nitrogen and oxygen atoms in total. The normalized spacial score (nSPS) is 23.0. The second-order valence-electron chi connectivity index (χ2n) is 8.91. The van der Waals surface area contributed by atoms with Gasteiger partial charge in [0.25, 0.3) is 0 Å². The molecular formula is C24H30N4O3. The molecule has 0 bridgehead atoms. The first kappa shape index (κ1) is 20.2. The molecular weight excluding hydrogens is 392 g/mol. The second kappa shape index (κ2) is 8.83. The highest BCUT2D eigenvalue weighted by atomic mass is 16.5. The maximum absolute atomic E-state index is 11.9. The minimum atomic E-state index is 0.00129. The number of carbonyl (C=O) groups excluding carboxylic acids is 2. The van der Waals surface area contributed by atoms with Gasteiger partial charge in [0.15, 0.2) is 0 Å². The van der Waals surface area contributed by atoms with E-state index in [0.29, 0.717) is 25.3 Å². The third kappa shape index (κ3) is 4.37. The summed E-state index contributed by atoms with van der Waals surface area (Å²) in [6, 6.07) is 8.67. The molecule has 3 fully saturated rings. The molecule has 2 aromatic rings. The standard InChI is InChI=1S/C24H30N4O3/c29-22-8-9-23(30)27(22)16-18-10-12-26(13-11-18)21-6-4-19(5-7-21)20-15-25-28(17-20)24-3-1-2-14-31-24/h4-7,15,17-18,24H,1-3,8-14,16H2. The maximum Gasteiger partial charge on any atom is 0.229 e. The second-order valence-corrected chi connectivity index (χ2v) is 8.91. The predicted octanol–water partition coefficient (Wildman–Crippen LogP) is 3.61. The molecule has 0 radical (unpaired) electrons. The van der Waals surface area contributed by atoms with Crippen LogP contribution in [-0.4, -0.2) is 52.7 Å². The van der Waals surface area contributed by atoms with Crippen molar-refractivity contribution in [3.8, 4) is 11.1 Å². The Balaban J connectivity index is 1.17. The summed E-state index contributed by atoms with van der Waals surface area (Å²) in [7, 11) is 0. The first-order valence-electron chi connectivity index (χ1n) is 11.5. The molecule has 0 saturated carbocycles. The number of aromatic nitrogens is 2. The van der Waals surface area contributed by atoms with E-state index in [0.717, 1.165) is 56.5 Å². The molecule has 164 valence electrons. The SMILES string of the molecule is O=C1CCC(=O)N1CC1CCN(c2ccc(-c3cnn(C4CCCCO4)c3)cc2)CC1. The lowest BCUT2D eigenvalue weighted by Crippen LogP contribution is -2.40. The summed E-state index contributed by atoms with van der Waals surface area (Å²) in [5.41, 5.74) is 3.49. The van der Waals surface area contributed by atoms with E-state index in [-0.39, 0.29) is 18.0 Å². The van der Waals surface area contributed by atoms with Gasteiger partial charge in [-0.05, 0) is 55.7 Å². The quantitative estimate of drug-likeness (QED) is 0.689. The number of benzene rings is 1. The van der Waals surface area contributed by atoms with E-state index in [1.54, 1.807) is 0 Å². The first-order chi connectivity index (χ1) is 15.2. The van der Waals surface area contributed by atoms with Crippen LogP contribution in [0.1, 0.15) is 51.2 Å². The molecule has 0 spiro atoms. The van der Waals surface area contributed by atoms with Gasteiger partial charge in [-0.3, -0.25) is 14.5 Å². The molecule has 0 N–H and O–H groups in total. The van der Waals surface area contributed by atoms with Crippen molar-refractivity contribution in [2.75, 3.05) is 31.1 Å². The molecule has 4 heterocycles. The van der Waals surface area contributed by atoms with Crippen molar-refractivity contribution < 1.29 is 14.3 Å². The van der Waals surface area contributed by atoms with Crippen LogP contribution in [0.15, 0.2) is 36.7 Å². The van der Waals surface area contributed by atoms with Crippen molar-refractivity contribution in [1.82, 2.24) is 14.7 Å². The maximum atomic E-state index is 11.9. The molecule has 1 aromatic heterocycles. The van der Waals surface area contributed by atoms with Gasteiger partial charge >= 0.3 is 0 Å². The summed E-state index contributed by atoms with van der Waals surface area (Å²) in [5.74, 6) is 0.414. The lowest BCUT2D eigenvalue weighted by Gasteiger charge is -2.35. The number of piperidine rings is 1. The third-order valence-corrected chi connectivity index (χ3v) is 6.83. The zero-order valence-electron chi connectivity index (χ0n) is 17.9. The number of imide groups is 1. The summed E-state index contributed by atoms with van der Waals surface area (Å²) in [4.78, 5) is 27.6. The largest absolute Gasteiger partial charge is 0.372 e. The van der Waals surface area contributed by atoms with Crippen LogP contribution in [0, 0.1) is 5.92 Å². The summed E-state index contributed by atoms with van der Waals surface area (Å²) >= 11 is 0. The van der Waals surface area contributed by atoms with Gasteiger partial charge in [0.2, 0.25) is 11.8 Å². The van der Waals surface area contributed by atoms with E-state index in [1.807, 2.05) is 10.9 Å². The average molecular weight is 423 g/mol. The molecule has 3 aliphatic heterocycles. The molecule has 1 aromatic carbocycles. The van der Waals surface area contributed by atoms with Crippen LogP contribution in [0.3, 0.4) is 0 Å². The molecule has 31 heavy (non-hydrogen) atoms. The number of likely N-dealkylation sites (tertiary alicyclic amines) is 1. The fourth-order valence-electron chi connectivity index (χ4n) is 4.90. The smallest absolute Gasteiger partial charge is 0.229 e. The average Bonchev–Trinajstić information content (AvgIpc) is 3.43. The Morgan fingerprint density at radius 3 is 2.35 bits per heavy atom. The predicted molar refractivity (Wildman–Crippen MR) is 117 cm³/mol. The van der Waals surface area contributed by atoms with Gasteiger partial charge in [-0.25, -0.2) is 4.68 Å². The fraction of sp³-hybridized carbons (Fsp3) is 0.542. The van der Waals surface area contributed by atoms with Gasteiger partial charge in [-0.15, -0.1) is 0 Å². The topological polar surface area (TPSA) is 67.7 Å². The Labute approximate surface area is 183 Å². The number of hydrogen-bond donors (Lipinski definition) is 0. The number of anilines is 1. The summed E-state index contributed by atoms with van der Waals surface area (Å²) in [6.07, 6.45) is 10.2. The van der Waals surface area contributed by atoms with Crippen molar-refractivity contribution in [1.29, 1.82) is 0 Å². The summed E-state index contributed by atoms with van der Waals surface area (Å²) in [6.45, 7) is 3.32. The minimum absolute atomic E-state index is 0.00129. The van der Waals surface area contributed by atoms with E-state index in [9.17, 15) is 9.59 Å². The van der Waals surface area contributed by atoms with E-state index in [4.69, 9.17) is 4.74 Å². The number of nitrogens with zero attached hydrogens (tertiary/aromatic N) is 4. The molecule has 5 rings (SSSR count). The zero-order valence-corrected chi connectivity index (χ0v) is 17.9. The number of rotatable bonds is 5. The summed E-state index contributed by atoms with van der Waals surface area (Å²) in [5, 5.41) is 4.52. The van der Waals surface area contributed by atoms with Crippen molar-refractivity contribution in [3.63, 3.8) is 0 Å². The molecule has 2 amide bonds. The minimum Gasteiger partial charge on any atom is -0.372 e. The van der Waals surface area contributed by atoms with Crippen molar-refractivity contribution in [3.05, 3.63) is 36.7 Å². The van der Waals surface area contributed by atoms with E-state index in [2.05, 4.69) is 40.5 Å². The molecule has 3 aliphatic rings. The van der Waals surface area contributed by atoms with E-state index in [1.165, 1.54) is 17.0 Å². The number of ether oxygens (including phenoxy) is 1. The highest BCUT2D eigenvalue weighted by molar-refractivity contribution is 6.01. The Hall–Kier alpha value is -2.67. The zero-order chi connectivity index (χ0) is 21.2. The van der Waals surface area contributed by atoms with Crippen LogP contribution in [0.2, 0.25) is 0 Å². The Morgan fingerprint density at radius 1 is 0.935 bits per heavy atom. The number of amides is 2. The van der Waals surface area contributed by atoms with Crippen LogP contribution in [0.4, 0.5) is 5.69 Å². The summed E-state index contributed by atoms with van der Waals surface area (Å²) < 4.78 is 7.77.